The van der Waals surface area contributed by atoms with Crippen molar-refractivity contribution >= 4 is 40.8 Å². The van der Waals surface area contributed by atoms with Crippen molar-refractivity contribution in [3.63, 3.8) is 0 Å². The Morgan fingerprint density at radius 3 is 2.71 bits per heavy atom. The summed E-state index contributed by atoms with van der Waals surface area (Å²) in [4.78, 5) is 11.7. The molecule has 24 heavy (non-hydrogen) atoms. The predicted molar refractivity (Wildman–Crippen MR) is 101 cm³/mol. The molecule has 0 saturated heterocycles. The average Bonchev–Trinajstić information content (AvgIpc) is 2.61. The van der Waals surface area contributed by atoms with Crippen molar-refractivity contribution in [3.8, 4) is 0 Å². The molecule has 0 saturated carbocycles. The summed E-state index contributed by atoms with van der Waals surface area (Å²) in [5.74, 6) is 1.28. The van der Waals surface area contributed by atoms with Gasteiger partial charge in [-0.25, -0.2) is 4.98 Å². The molecule has 3 rings (SSSR count). The summed E-state index contributed by atoms with van der Waals surface area (Å²) < 4.78 is 0. The lowest BCUT2D eigenvalue weighted by atomic mass is 10.2. The van der Waals surface area contributed by atoms with Crippen molar-refractivity contribution in [1.82, 2.24) is 9.97 Å². The van der Waals surface area contributed by atoms with Crippen molar-refractivity contribution in [2.24, 2.45) is 5.14 Å². The highest BCUT2D eigenvalue weighted by Crippen LogP contribution is 2.25. The van der Waals surface area contributed by atoms with Gasteiger partial charge in [-0.15, -0.1) is 0 Å². The number of rotatable bonds is 5. The van der Waals surface area contributed by atoms with E-state index in [0.29, 0.717) is 11.6 Å². The summed E-state index contributed by atoms with van der Waals surface area (Å²) in [6.45, 7) is 0. The molecule has 0 aliphatic carbocycles. The number of nitrogens with one attached hydrogen (secondary N) is 1. The van der Waals surface area contributed by atoms with E-state index in [0.717, 1.165) is 22.1 Å². The molecule has 0 unspecified atom stereocenters. The number of hydrogen-bond acceptors (Lipinski definition) is 7. The van der Waals surface area contributed by atoms with Gasteiger partial charge in [-0.3, -0.25) is 5.14 Å². The number of aromatic nitrogens is 2. The quantitative estimate of drug-likeness (QED) is 0.484. The Kier molecular flexibility index (Phi) is 4.83. The zero-order valence-electron chi connectivity index (χ0n) is 13.2. The fourth-order valence-corrected chi connectivity index (χ4v) is 2.59. The monoisotopic (exact) mass is 338 g/mol. The van der Waals surface area contributed by atoms with Crippen LogP contribution in [-0.4, -0.2) is 17.0 Å². The number of nitrogens with zero attached hydrogens (tertiary/aromatic N) is 3. The van der Waals surface area contributed by atoms with E-state index in [9.17, 15) is 0 Å². The van der Waals surface area contributed by atoms with Gasteiger partial charge in [0.05, 0.1) is 0 Å². The fourth-order valence-electron chi connectivity index (χ4n) is 2.24. The molecule has 6 nitrogen and oxygen atoms in total. The molecule has 1 heterocycles. The average molecular weight is 338 g/mol. The van der Waals surface area contributed by atoms with Crippen molar-refractivity contribution in [1.29, 1.82) is 0 Å². The second-order valence-corrected chi connectivity index (χ2v) is 5.87. The molecule has 0 aliphatic heterocycles. The Morgan fingerprint density at radius 1 is 1.08 bits per heavy atom. The Hall–Kier alpha value is -2.77. The lowest BCUT2D eigenvalue weighted by molar-refractivity contribution is 1.08. The van der Waals surface area contributed by atoms with Crippen molar-refractivity contribution in [2.45, 2.75) is 4.90 Å². The van der Waals surface area contributed by atoms with Crippen LogP contribution in [0, 0.1) is 0 Å². The van der Waals surface area contributed by atoms with Crippen LogP contribution in [0.1, 0.15) is 0 Å². The van der Waals surface area contributed by atoms with Crippen molar-refractivity contribution in [2.75, 3.05) is 23.0 Å². The topological polar surface area (TPSA) is 93.1 Å². The normalized spacial score (nSPS) is 10.4. The maximum Gasteiger partial charge on any atom is 0.229 e. The number of nitrogen functional groups attached to an aromatic ring is 1. The van der Waals surface area contributed by atoms with Gasteiger partial charge in [0.25, 0.3) is 0 Å². The minimum Gasteiger partial charge on any atom is -0.399 e. The Morgan fingerprint density at radius 2 is 1.92 bits per heavy atom. The summed E-state index contributed by atoms with van der Waals surface area (Å²) in [5.41, 5.74) is 8.40. The summed E-state index contributed by atoms with van der Waals surface area (Å²) in [7, 11) is 1.94. The first-order valence-corrected chi connectivity index (χ1v) is 8.20. The van der Waals surface area contributed by atoms with Gasteiger partial charge in [-0.2, -0.15) is 4.98 Å². The van der Waals surface area contributed by atoms with Crippen LogP contribution in [-0.2, 0) is 0 Å². The molecule has 0 fully saturated rings. The molecular weight excluding hydrogens is 320 g/mol. The summed E-state index contributed by atoms with van der Waals surface area (Å²) in [6.07, 6.45) is 1.72. The van der Waals surface area contributed by atoms with E-state index in [-0.39, 0.29) is 0 Å². The zero-order chi connectivity index (χ0) is 16.9. The van der Waals surface area contributed by atoms with Gasteiger partial charge in [0.1, 0.15) is 5.82 Å². The maximum atomic E-state index is 5.85. The maximum absolute atomic E-state index is 5.85. The van der Waals surface area contributed by atoms with Gasteiger partial charge < -0.3 is 16.0 Å². The number of benzene rings is 2. The number of nitrogens with two attached hydrogens (primary N) is 2. The molecule has 0 bridgehead atoms. The minimum atomic E-state index is 0.516. The standard InChI is InChI=1S/C17H18N6S/c1-23(14-6-2-4-12(18)10-14)16-8-9-20-17(22-16)21-13-5-3-7-15(11-13)24-19/h2-11H,18-19H2,1H3,(H,20,21,22). The van der Waals surface area contributed by atoms with Gasteiger partial charge in [0, 0.05) is 35.2 Å². The Labute approximate surface area is 145 Å². The van der Waals surface area contributed by atoms with Gasteiger partial charge >= 0.3 is 0 Å². The first kappa shape index (κ1) is 16.1. The lowest BCUT2D eigenvalue weighted by Crippen LogP contribution is -2.12. The van der Waals surface area contributed by atoms with Crippen LogP contribution in [0.25, 0.3) is 0 Å². The highest BCUT2D eigenvalue weighted by molar-refractivity contribution is 7.97. The van der Waals surface area contributed by atoms with Crippen LogP contribution in [0.5, 0.6) is 0 Å². The van der Waals surface area contributed by atoms with Gasteiger partial charge in [-0.1, -0.05) is 12.1 Å². The lowest BCUT2D eigenvalue weighted by Gasteiger charge is -2.19. The summed E-state index contributed by atoms with van der Waals surface area (Å²) in [6, 6.07) is 17.3. The molecule has 1 aromatic heterocycles. The second-order valence-electron chi connectivity index (χ2n) is 5.16. The highest BCUT2D eigenvalue weighted by Gasteiger charge is 2.08. The first-order chi connectivity index (χ1) is 11.7. The highest BCUT2D eigenvalue weighted by atomic mass is 32.2. The molecule has 5 N–H and O–H groups in total. The third kappa shape index (κ3) is 3.76. The van der Waals surface area contributed by atoms with Crippen LogP contribution >= 0.6 is 11.9 Å². The van der Waals surface area contributed by atoms with E-state index in [1.165, 1.54) is 11.9 Å². The van der Waals surface area contributed by atoms with Crippen molar-refractivity contribution in [3.05, 3.63) is 60.8 Å². The molecular formula is C17H18N6S. The summed E-state index contributed by atoms with van der Waals surface area (Å²) in [5, 5.41) is 8.79. The largest absolute Gasteiger partial charge is 0.399 e. The van der Waals surface area contributed by atoms with Crippen LogP contribution in [0.2, 0.25) is 0 Å². The molecule has 0 amide bonds. The number of hydrogen-bond donors (Lipinski definition) is 3. The third-order valence-corrected chi connectivity index (χ3v) is 3.99. The Balaban J connectivity index is 1.83. The predicted octanol–water partition coefficient (Wildman–Crippen LogP) is 3.54. The van der Waals surface area contributed by atoms with E-state index < -0.39 is 0 Å². The van der Waals surface area contributed by atoms with Crippen LogP contribution in [0.3, 0.4) is 0 Å². The SMILES string of the molecule is CN(c1cccc(N)c1)c1ccnc(Nc2cccc(SN)c2)n1. The van der Waals surface area contributed by atoms with E-state index in [1.807, 2.05) is 66.5 Å². The molecule has 3 aromatic rings. The third-order valence-electron chi connectivity index (χ3n) is 3.47. The van der Waals surface area contributed by atoms with E-state index >= 15 is 0 Å². The van der Waals surface area contributed by atoms with E-state index in [1.54, 1.807) is 6.20 Å². The zero-order valence-corrected chi connectivity index (χ0v) is 14.0. The van der Waals surface area contributed by atoms with Gasteiger partial charge in [-0.05, 0) is 54.4 Å². The Bertz CT molecular complexity index is 839. The van der Waals surface area contributed by atoms with Gasteiger partial charge in [0.15, 0.2) is 0 Å². The second kappa shape index (κ2) is 7.20. The molecule has 122 valence electrons. The molecule has 2 aromatic carbocycles. The van der Waals surface area contributed by atoms with E-state index in [2.05, 4.69) is 15.3 Å². The molecule has 0 radical (unpaired) electrons. The fraction of sp³-hybridized carbons (Fsp3) is 0.0588. The molecule has 0 spiro atoms. The van der Waals surface area contributed by atoms with Crippen LogP contribution in [0.15, 0.2) is 65.7 Å². The molecule has 0 atom stereocenters. The smallest absolute Gasteiger partial charge is 0.229 e. The van der Waals surface area contributed by atoms with E-state index in [4.69, 9.17) is 10.9 Å². The van der Waals surface area contributed by atoms with Crippen LogP contribution in [0.4, 0.5) is 28.8 Å². The summed E-state index contributed by atoms with van der Waals surface area (Å²) >= 11 is 1.20. The minimum absolute atomic E-state index is 0.516. The first-order valence-electron chi connectivity index (χ1n) is 7.32. The van der Waals surface area contributed by atoms with Crippen LogP contribution < -0.4 is 21.1 Å². The van der Waals surface area contributed by atoms with Gasteiger partial charge in [0.2, 0.25) is 5.95 Å². The van der Waals surface area contributed by atoms with Crippen molar-refractivity contribution < 1.29 is 0 Å². The molecule has 0 aliphatic rings. The molecule has 7 heteroatoms. The number of anilines is 5.